The number of halogens is 2. The van der Waals surface area contributed by atoms with Crippen molar-refractivity contribution < 1.29 is 13.2 Å². The predicted molar refractivity (Wildman–Crippen MR) is 81.8 cm³/mol. The van der Waals surface area contributed by atoms with Crippen LogP contribution in [0, 0.1) is 0 Å². The summed E-state index contributed by atoms with van der Waals surface area (Å²) in [5.74, 6) is 0. The maximum Gasteiger partial charge on any atom is 0.242 e. The highest BCUT2D eigenvalue weighted by Gasteiger charge is 2.42. The van der Waals surface area contributed by atoms with Gasteiger partial charge in [-0.15, -0.1) is 11.3 Å². The third-order valence-corrected chi connectivity index (χ3v) is 7.17. The first kappa shape index (κ1) is 15.9. The molecule has 0 spiro atoms. The Morgan fingerprint density at radius 2 is 2.26 bits per heavy atom. The van der Waals surface area contributed by atoms with Crippen LogP contribution in [0.3, 0.4) is 0 Å². The van der Waals surface area contributed by atoms with Gasteiger partial charge in [0.15, 0.2) is 0 Å². The lowest BCUT2D eigenvalue weighted by Gasteiger charge is -2.42. The fraction of sp³-hybridized carbons (Fsp3) is 0.600. The van der Waals surface area contributed by atoms with E-state index in [9.17, 15) is 8.42 Å². The molecule has 1 aliphatic rings. The number of thiophene rings is 1. The first-order valence-electron chi connectivity index (χ1n) is 5.69. The molecule has 108 valence electrons. The molecule has 0 bridgehead atoms. The molecular weight excluding hydrogens is 420 g/mol. The highest BCUT2D eigenvalue weighted by atomic mass is 79.9. The molecule has 3 N–H and O–H groups in total. The first-order chi connectivity index (χ1) is 8.85. The number of nitrogens with two attached hydrogens (primary N) is 1. The van der Waals surface area contributed by atoms with Gasteiger partial charge in [-0.3, -0.25) is 0 Å². The van der Waals surface area contributed by atoms with Crippen LogP contribution in [0.4, 0.5) is 0 Å². The van der Waals surface area contributed by atoms with Crippen LogP contribution in [0.25, 0.3) is 0 Å². The van der Waals surface area contributed by atoms with E-state index in [1.165, 1.54) is 11.3 Å². The highest BCUT2D eigenvalue weighted by molar-refractivity contribution is 9.12. The van der Waals surface area contributed by atoms with Crippen molar-refractivity contribution in [1.29, 1.82) is 0 Å². The Kier molecular flexibility index (Phi) is 5.08. The van der Waals surface area contributed by atoms with Crippen LogP contribution in [0.15, 0.2) is 18.5 Å². The molecule has 1 fully saturated rings. The molecule has 0 amide bonds. The zero-order valence-electron chi connectivity index (χ0n) is 10.1. The Morgan fingerprint density at radius 1 is 1.58 bits per heavy atom. The minimum Gasteiger partial charge on any atom is -0.377 e. The van der Waals surface area contributed by atoms with Crippen molar-refractivity contribution in [1.82, 2.24) is 4.72 Å². The number of sulfonamides is 1. The Morgan fingerprint density at radius 3 is 2.74 bits per heavy atom. The molecule has 0 saturated heterocycles. The first-order valence-corrected chi connectivity index (χ1v) is 9.58. The van der Waals surface area contributed by atoms with E-state index in [1.54, 1.807) is 6.07 Å². The van der Waals surface area contributed by atoms with Crippen LogP contribution in [-0.2, 0) is 14.8 Å². The van der Waals surface area contributed by atoms with Crippen LogP contribution in [0.1, 0.15) is 13.3 Å². The Balaban J connectivity index is 2.15. The van der Waals surface area contributed by atoms with E-state index in [-0.39, 0.29) is 23.1 Å². The van der Waals surface area contributed by atoms with Gasteiger partial charge in [-0.25, -0.2) is 13.1 Å². The van der Waals surface area contributed by atoms with E-state index in [1.807, 2.05) is 6.92 Å². The van der Waals surface area contributed by atoms with Crippen LogP contribution < -0.4 is 10.5 Å². The van der Waals surface area contributed by atoms with Crippen molar-refractivity contribution >= 4 is 53.2 Å². The molecule has 3 atom stereocenters. The molecule has 2 rings (SSSR count). The van der Waals surface area contributed by atoms with Crippen LogP contribution in [-0.4, -0.2) is 33.2 Å². The lowest BCUT2D eigenvalue weighted by Crippen LogP contribution is -2.64. The van der Waals surface area contributed by atoms with Gasteiger partial charge in [0.2, 0.25) is 10.0 Å². The smallest absolute Gasteiger partial charge is 0.242 e. The van der Waals surface area contributed by atoms with Crippen LogP contribution >= 0.6 is 43.2 Å². The second-order valence-electron chi connectivity index (χ2n) is 4.23. The normalized spacial score (nSPS) is 27.3. The molecule has 1 aromatic rings. The van der Waals surface area contributed by atoms with E-state index in [0.29, 0.717) is 16.8 Å². The van der Waals surface area contributed by atoms with Gasteiger partial charge in [-0.05, 0) is 51.3 Å². The summed E-state index contributed by atoms with van der Waals surface area (Å²) in [5, 5.41) is 0. The summed E-state index contributed by atoms with van der Waals surface area (Å²) in [5.41, 5.74) is 5.85. The largest absolute Gasteiger partial charge is 0.377 e. The summed E-state index contributed by atoms with van der Waals surface area (Å²) in [6, 6.07) is 0.999. The molecule has 1 aliphatic carbocycles. The topological polar surface area (TPSA) is 81.4 Å². The third kappa shape index (κ3) is 3.39. The molecule has 1 aromatic heterocycles. The van der Waals surface area contributed by atoms with Gasteiger partial charge in [-0.2, -0.15) is 0 Å². The molecule has 0 radical (unpaired) electrons. The van der Waals surface area contributed by atoms with Crippen molar-refractivity contribution in [2.45, 2.75) is 36.4 Å². The molecule has 5 nitrogen and oxygen atoms in total. The van der Waals surface area contributed by atoms with E-state index in [2.05, 4.69) is 36.6 Å². The van der Waals surface area contributed by atoms with Gasteiger partial charge < -0.3 is 10.5 Å². The lowest BCUT2D eigenvalue weighted by atomic mass is 9.84. The minimum atomic E-state index is -3.59. The Hall–Kier alpha value is 0.490. The maximum absolute atomic E-state index is 12.3. The predicted octanol–water partition coefficient (Wildman–Crippen LogP) is 2.06. The standard InChI is InChI=1S/C10H14Br2N2O3S2/c1-2-17-6-3-5(13)9(6)14-19(15,16)7-4-8(11)18-10(7)12/h4-6,9,14H,2-3,13H2,1H3. The fourth-order valence-electron chi connectivity index (χ4n) is 1.94. The second kappa shape index (κ2) is 6.08. The van der Waals surface area contributed by atoms with Crippen molar-refractivity contribution in [3.8, 4) is 0 Å². The molecule has 0 aliphatic heterocycles. The molecule has 3 unspecified atom stereocenters. The van der Waals surface area contributed by atoms with Gasteiger partial charge in [0.1, 0.15) is 4.90 Å². The van der Waals surface area contributed by atoms with E-state index in [4.69, 9.17) is 10.5 Å². The molecule has 9 heteroatoms. The van der Waals surface area contributed by atoms with Crippen molar-refractivity contribution in [3.63, 3.8) is 0 Å². The summed E-state index contributed by atoms with van der Waals surface area (Å²) in [6.45, 7) is 2.42. The summed E-state index contributed by atoms with van der Waals surface area (Å²) in [4.78, 5) is 0.221. The number of ether oxygens (including phenoxy) is 1. The van der Waals surface area contributed by atoms with Gasteiger partial charge in [0.05, 0.1) is 19.7 Å². The number of hydrogen-bond acceptors (Lipinski definition) is 5. The van der Waals surface area contributed by atoms with E-state index in [0.717, 1.165) is 3.79 Å². The van der Waals surface area contributed by atoms with Crippen molar-refractivity contribution in [2.75, 3.05) is 6.61 Å². The molecule has 0 aromatic carbocycles. The maximum atomic E-state index is 12.3. The van der Waals surface area contributed by atoms with Crippen molar-refractivity contribution in [2.24, 2.45) is 5.73 Å². The zero-order valence-corrected chi connectivity index (χ0v) is 14.9. The summed E-state index contributed by atoms with van der Waals surface area (Å²) >= 11 is 7.83. The second-order valence-corrected chi connectivity index (χ2v) is 9.66. The number of nitrogens with one attached hydrogen (secondary N) is 1. The fourth-order valence-corrected chi connectivity index (χ4v) is 7.07. The van der Waals surface area contributed by atoms with Gasteiger partial charge in [0, 0.05) is 12.6 Å². The third-order valence-electron chi connectivity index (χ3n) is 2.95. The monoisotopic (exact) mass is 432 g/mol. The van der Waals surface area contributed by atoms with Gasteiger partial charge in [-0.1, -0.05) is 0 Å². The zero-order chi connectivity index (χ0) is 14.2. The quantitative estimate of drug-likeness (QED) is 0.744. The molecule has 1 heterocycles. The van der Waals surface area contributed by atoms with Crippen LogP contribution in [0.2, 0.25) is 0 Å². The number of hydrogen-bond donors (Lipinski definition) is 2. The summed E-state index contributed by atoms with van der Waals surface area (Å²) in [6.07, 6.45) is 0.533. The van der Waals surface area contributed by atoms with Crippen LogP contribution in [0.5, 0.6) is 0 Å². The summed E-state index contributed by atoms with van der Waals surface area (Å²) in [7, 11) is -3.59. The van der Waals surface area contributed by atoms with Gasteiger partial charge in [0.25, 0.3) is 0 Å². The molecule has 1 saturated carbocycles. The Labute approximate surface area is 133 Å². The average Bonchev–Trinajstić information content (AvgIpc) is 2.66. The van der Waals surface area contributed by atoms with E-state index >= 15 is 0 Å². The Bertz CT molecular complexity index is 559. The highest BCUT2D eigenvalue weighted by Crippen LogP contribution is 2.35. The SMILES string of the molecule is CCOC1CC(N)C1NS(=O)(=O)c1cc(Br)sc1Br. The molecule has 19 heavy (non-hydrogen) atoms. The minimum absolute atomic E-state index is 0.143. The van der Waals surface area contributed by atoms with Crippen molar-refractivity contribution in [3.05, 3.63) is 13.6 Å². The lowest BCUT2D eigenvalue weighted by molar-refractivity contribution is -0.0248. The summed E-state index contributed by atoms with van der Waals surface area (Å²) < 4.78 is 34.0. The average molecular weight is 434 g/mol. The van der Waals surface area contributed by atoms with E-state index < -0.39 is 10.0 Å². The molecular formula is C10H14Br2N2O3S2. The number of rotatable bonds is 5. The van der Waals surface area contributed by atoms with Gasteiger partial charge >= 0.3 is 0 Å².